The van der Waals surface area contributed by atoms with Gasteiger partial charge in [-0.1, -0.05) is 6.07 Å². The van der Waals surface area contributed by atoms with Crippen molar-refractivity contribution in [3.63, 3.8) is 0 Å². The van der Waals surface area contributed by atoms with Crippen LogP contribution in [0.3, 0.4) is 0 Å². The molecule has 0 saturated carbocycles. The standard InChI is InChI=1S/C7H5F2.ClH.Zn/c1-5-4-6(8)2-3-7(5)9;;/h2-4H,1H2;1H;/q-1;;+2/p-1. The van der Waals surface area contributed by atoms with Crippen LogP contribution in [-0.4, -0.2) is 0 Å². The molecule has 0 aromatic heterocycles. The summed E-state index contributed by atoms with van der Waals surface area (Å²) < 4.78 is 24.4. The zero-order chi connectivity index (χ0) is 8.85. The van der Waals surface area contributed by atoms with Gasteiger partial charge < -0.3 is 0 Å². The minimum absolute atomic E-state index is 0.0926. The molecule has 0 fully saturated rings. The van der Waals surface area contributed by atoms with E-state index in [-0.39, 0.29) is 5.56 Å². The minimum atomic E-state index is -0.476. The Bertz CT molecular complexity index is 228. The Balaban J connectivity index is 0.000000461. The van der Waals surface area contributed by atoms with Crippen LogP contribution in [0.5, 0.6) is 0 Å². The summed E-state index contributed by atoms with van der Waals surface area (Å²) in [7, 11) is 4.76. The Morgan fingerprint density at radius 3 is 2.18 bits per heavy atom. The molecular formula is C7H5ClF2Zn. The van der Waals surface area contributed by atoms with Crippen molar-refractivity contribution >= 4 is 9.69 Å². The van der Waals surface area contributed by atoms with E-state index in [0.717, 1.165) is 35.5 Å². The molecule has 0 bridgehead atoms. The number of halogens is 3. The molecule has 1 rings (SSSR count). The third-order valence-electron chi connectivity index (χ3n) is 1.01. The van der Waals surface area contributed by atoms with E-state index in [1.54, 1.807) is 0 Å². The van der Waals surface area contributed by atoms with Gasteiger partial charge in [0.15, 0.2) is 0 Å². The molecule has 1 aromatic carbocycles. The first-order valence-corrected chi connectivity index (χ1v) is 6.64. The SMILES string of the molecule is [CH2-]c1cc(F)ccc1F.[Cl][Zn+]. The molecule has 4 heteroatoms. The summed E-state index contributed by atoms with van der Waals surface area (Å²) in [4.78, 5) is 0. The topological polar surface area (TPSA) is 0 Å². The molecule has 11 heavy (non-hydrogen) atoms. The van der Waals surface area contributed by atoms with Crippen molar-refractivity contribution in [3.05, 3.63) is 42.3 Å². The molecule has 0 atom stereocenters. The van der Waals surface area contributed by atoms with Gasteiger partial charge in [0.1, 0.15) is 0 Å². The van der Waals surface area contributed by atoms with Crippen LogP contribution in [0, 0.1) is 18.6 Å². The Kier molecular flexibility index (Phi) is 5.44. The van der Waals surface area contributed by atoms with Crippen LogP contribution in [0.25, 0.3) is 0 Å². The van der Waals surface area contributed by atoms with E-state index in [1.165, 1.54) is 0 Å². The maximum absolute atomic E-state index is 12.3. The summed E-state index contributed by atoms with van der Waals surface area (Å²) in [5.74, 6) is -0.933. The summed E-state index contributed by atoms with van der Waals surface area (Å²) in [6.07, 6.45) is 0. The van der Waals surface area contributed by atoms with Crippen molar-refractivity contribution in [2.75, 3.05) is 0 Å². The molecule has 0 N–H and O–H groups in total. The third kappa shape index (κ3) is 3.69. The molecule has 0 unspecified atom stereocenters. The van der Waals surface area contributed by atoms with Crippen LogP contribution >= 0.6 is 9.69 Å². The van der Waals surface area contributed by atoms with E-state index in [4.69, 9.17) is 9.69 Å². The molecule has 0 aliphatic rings. The van der Waals surface area contributed by atoms with Gasteiger partial charge in [-0.05, 0) is 6.07 Å². The van der Waals surface area contributed by atoms with E-state index >= 15 is 0 Å². The average Bonchev–Trinajstić information content (AvgIpc) is 2.02. The number of hydrogen-bond donors (Lipinski definition) is 0. The summed E-state index contributed by atoms with van der Waals surface area (Å²) in [5, 5.41) is 0. The van der Waals surface area contributed by atoms with Crippen molar-refractivity contribution in [1.82, 2.24) is 0 Å². The van der Waals surface area contributed by atoms with Gasteiger partial charge in [-0.3, -0.25) is 4.39 Å². The molecule has 0 nitrogen and oxygen atoms in total. The van der Waals surface area contributed by atoms with E-state index in [0.29, 0.717) is 0 Å². The van der Waals surface area contributed by atoms with Gasteiger partial charge >= 0.3 is 27.0 Å². The van der Waals surface area contributed by atoms with E-state index in [2.05, 4.69) is 6.92 Å². The Morgan fingerprint density at radius 1 is 1.27 bits per heavy atom. The predicted octanol–water partition coefficient (Wildman–Crippen LogP) is 2.83. The number of hydrogen-bond acceptors (Lipinski definition) is 0. The van der Waals surface area contributed by atoms with Crippen LogP contribution in [0.1, 0.15) is 5.56 Å². The summed E-state index contributed by atoms with van der Waals surface area (Å²) >= 11 is 0.847. The zero-order valence-electron chi connectivity index (χ0n) is 5.78. The fourth-order valence-electron chi connectivity index (χ4n) is 0.543. The molecule has 1 aromatic rings. The zero-order valence-corrected chi connectivity index (χ0v) is 9.50. The monoisotopic (exact) mass is 226 g/mol. The van der Waals surface area contributed by atoms with Crippen LogP contribution in [-0.2, 0) is 17.3 Å². The molecule has 0 spiro atoms. The third-order valence-corrected chi connectivity index (χ3v) is 1.01. The first-order chi connectivity index (χ1) is 5.20. The van der Waals surface area contributed by atoms with Gasteiger partial charge in [0.2, 0.25) is 0 Å². The fraction of sp³-hybridized carbons (Fsp3) is 0. The van der Waals surface area contributed by atoms with Gasteiger partial charge in [0, 0.05) is 5.82 Å². The van der Waals surface area contributed by atoms with Crippen molar-refractivity contribution < 1.29 is 26.1 Å². The normalized spacial score (nSPS) is 8.45. The van der Waals surface area contributed by atoms with Crippen molar-refractivity contribution in [3.8, 4) is 0 Å². The Labute approximate surface area is 78.3 Å². The quantitative estimate of drug-likeness (QED) is 0.473. The van der Waals surface area contributed by atoms with Gasteiger partial charge in [-0.25, -0.2) is 4.39 Å². The second kappa shape index (κ2) is 5.51. The molecular weight excluding hydrogens is 223 g/mol. The Morgan fingerprint density at radius 2 is 1.82 bits per heavy atom. The Hall–Kier alpha value is -0.137. The van der Waals surface area contributed by atoms with E-state index in [1.807, 2.05) is 0 Å². The molecule has 0 amide bonds. The van der Waals surface area contributed by atoms with Crippen LogP contribution < -0.4 is 0 Å². The number of benzene rings is 1. The van der Waals surface area contributed by atoms with Crippen LogP contribution in [0.4, 0.5) is 8.78 Å². The van der Waals surface area contributed by atoms with Gasteiger partial charge in [-0.15, -0.1) is 6.07 Å². The van der Waals surface area contributed by atoms with Gasteiger partial charge in [-0.2, -0.15) is 12.5 Å². The summed E-state index contributed by atoms with van der Waals surface area (Å²) in [6.45, 7) is 3.27. The number of rotatable bonds is 0. The van der Waals surface area contributed by atoms with Crippen molar-refractivity contribution in [2.24, 2.45) is 0 Å². The molecule has 0 saturated heterocycles. The summed E-state index contributed by atoms with van der Waals surface area (Å²) in [5.41, 5.74) is 0.0926. The molecule has 0 aliphatic heterocycles. The first kappa shape index (κ1) is 10.9. The summed E-state index contributed by atoms with van der Waals surface area (Å²) in [6, 6.07) is 3.16. The van der Waals surface area contributed by atoms with Gasteiger partial charge in [0.25, 0.3) is 0 Å². The fourth-order valence-corrected chi connectivity index (χ4v) is 0.543. The van der Waals surface area contributed by atoms with Crippen molar-refractivity contribution in [1.29, 1.82) is 0 Å². The average molecular weight is 228 g/mol. The van der Waals surface area contributed by atoms with Crippen molar-refractivity contribution in [2.45, 2.75) is 0 Å². The molecule has 0 aliphatic carbocycles. The first-order valence-electron chi connectivity index (χ1n) is 2.74. The predicted molar refractivity (Wildman–Crippen MR) is 36.7 cm³/mol. The molecule has 0 heterocycles. The van der Waals surface area contributed by atoms with E-state index < -0.39 is 11.6 Å². The molecule has 56 valence electrons. The maximum atomic E-state index is 12.3. The molecule has 0 radical (unpaired) electrons. The second-order valence-electron chi connectivity index (χ2n) is 1.74. The second-order valence-corrected chi connectivity index (χ2v) is 1.74. The van der Waals surface area contributed by atoms with Crippen LogP contribution in [0.2, 0.25) is 0 Å². The van der Waals surface area contributed by atoms with Crippen LogP contribution in [0.15, 0.2) is 18.2 Å². The van der Waals surface area contributed by atoms with Gasteiger partial charge in [0.05, 0.1) is 5.82 Å². The van der Waals surface area contributed by atoms with E-state index in [9.17, 15) is 8.78 Å².